The monoisotopic (exact) mass is 553 g/mol. The molecule has 1 saturated heterocycles. The lowest BCUT2D eigenvalue weighted by Crippen LogP contribution is -2.36. The Labute approximate surface area is 221 Å². The van der Waals surface area contributed by atoms with Crippen LogP contribution in [-0.2, 0) is 19.6 Å². The predicted molar refractivity (Wildman–Crippen MR) is 144 cm³/mol. The van der Waals surface area contributed by atoms with Crippen LogP contribution in [0.25, 0.3) is 27.7 Å². The van der Waals surface area contributed by atoms with Gasteiger partial charge in [0.15, 0.2) is 17.4 Å². The number of aliphatic hydroxyl groups excluding tert-OH is 1. The van der Waals surface area contributed by atoms with E-state index in [2.05, 4.69) is 24.6 Å². The Morgan fingerprint density at radius 2 is 1.87 bits per heavy atom. The highest BCUT2D eigenvalue weighted by Gasteiger charge is 2.22. The van der Waals surface area contributed by atoms with Crippen LogP contribution < -0.4 is 15.4 Å². The number of carbonyl (C=O) groups is 1. The summed E-state index contributed by atoms with van der Waals surface area (Å²) in [5.74, 6) is 0.765. The number of ether oxygens (including phenoxy) is 1. The number of ketones is 1. The lowest BCUT2D eigenvalue weighted by atomic mass is 10.2. The first-order chi connectivity index (χ1) is 18.3. The summed E-state index contributed by atoms with van der Waals surface area (Å²) in [6.07, 6.45) is 5.82. The van der Waals surface area contributed by atoms with Gasteiger partial charge in [-0.1, -0.05) is 18.2 Å². The Kier molecular flexibility index (Phi) is 7.28. The minimum absolute atomic E-state index is 0.0554. The zero-order valence-corrected chi connectivity index (χ0v) is 21.6. The van der Waals surface area contributed by atoms with Crippen LogP contribution in [0.1, 0.15) is 5.56 Å². The van der Waals surface area contributed by atoms with Crippen LogP contribution >= 0.6 is 11.3 Å². The number of morpholine rings is 1. The molecule has 0 amide bonds. The number of hydrogen-bond acceptors (Lipinski definition) is 12. The number of sulfonamides is 1. The molecule has 0 saturated carbocycles. The summed E-state index contributed by atoms with van der Waals surface area (Å²) >= 11 is 1.24. The lowest BCUT2D eigenvalue weighted by Gasteiger charge is -2.28. The van der Waals surface area contributed by atoms with E-state index in [4.69, 9.17) is 20.6 Å². The molecule has 1 aliphatic rings. The lowest BCUT2D eigenvalue weighted by molar-refractivity contribution is -0.117. The normalized spacial score (nSPS) is 14.3. The van der Waals surface area contributed by atoms with Crippen LogP contribution in [0.4, 0.5) is 16.8 Å². The zero-order valence-electron chi connectivity index (χ0n) is 19.9. The fraction of sp³-hybridized carbons (Fsp3) is 0.208. The Morgan fingerprint density at radius 3 is 2.55 bits per heavy atom. The van der Waals surface area contributed by atoms with Crippen molar-refractivity contribution in [2.75, 3.05) is 48.3 Å². The number of nitrogen functional groups attached to an aromatic ring is 1. The molecule has 4 N–H and O–H groups in total. The average Bonchev–Trinajstić information content (AvgIpc) is 3.33. The van der Waals surface area contributed by atoms with Crippen LogP contribution in [0, 0.1) is 0 Å². The number of nitrogens with one attached hydrogen (secondary N) is 1. The summed E-state index contributed by atoms with van der Waals surface area (Å²) in [6.45, 7) is 1.78. The van der Waals surface area contributed by atoms with E-state index in [1.54, 1.807) is 30.6 Å². The van der Waals surface area contributed by atoms with Crippen molar-refractivity contribution in [1.82, 2.24) is 19.9 Å². The molecule has 0 bridgehead atoms. The number of benzene rings is 1. The van der Waals surface area contributed by atoms with Gasteiger partial charge in [-0.3, -0.25) is 9.52 Å². The molecule has 38 heavy (non-hydrogen) atoms. The van der Waals surface area contributed by atoms with E-state index in [-0.39, 0.29) is 10.8 Å². The van der Waals surface area contributed by atoms with Crippen molar-refractivity contribution in [3.05, 3.63) is 54.4 Å². The standard InChI is InChI=1S/C24H23N7O5S2/c25-24-26-12-16(13-27-24)22-28-19-11-20(37-21(19)23(29-22)31-7-9-36-10-8-31)30-38(34,35)18-5-2-15(3-6-18)1-4-17(33)14-32/h1-6,11-13,30,32H,7-10,14H2,(H2,25,26,27)/b4-1+. The van der Waals surface area contributed by atoms with Crippen LogP contribution in [0.3, 0.4) is 0 Å². The molecule has 0 radical (unpaired) electrons. The Bertz CT molecular complexity index is 1600. The van der Waals surface area contributed by atoms with Crippen molar-refractivity contribution in [2.24, 2.45) is 0 Å². The van der Waals surface area contributed by atoms with Crippen molar-refractivity contribution >= 4 is 60.2 Å². The van der Waals surface area contributed by atoms with Gasteiger partial charge >= 0.3 is 0 Å². The van der Waals surface area contributed by atoms with E-state index in [0.29, 0.717) is 59.6 Å². The molecule has 0 atom stereocenters. The molecule has 1 aromatic carbocycles. The van der Waals surface area contributed by atoms with Crippen LogP contribution in [-0.4, -0.2) is 72.2 Å². The summed E-state index contributed by atoms with van der Waals surface area (Å²) in [4.78, 5) is 30.9. The van der Waals surface area contributed by atoms with Gasteiger partial charge in [-0.25, -0.2) is 28.4 Å². The first-order valence-electron chi connectivity index (χ1n) is 11.5. The fourth-order valence-electron chi connectivity index (χ4n) is 3.73. The van der Waals surface area contributed by atoms with Gasteiger partial charge in [-0.2, -0.15) is 0 Å². The number of thiophene rings is 1. The topological polar surface area (TPSA) is 174 Å². The smallest absolute Gasteiger partial charge is 0.262 e. The first-order valence-corrected chi connectivity index (χ1v) is 13.8. The SMILES string of the molecule is Nc1ncc(-c2nc(N3CCOCC3)c3sc(NS(=O)(=O)c4ccc(/C=C/C(=O)CO)cc4)cc3n2)cn1. The molecule has 4 heterocycles. The Hall–Kier alpha value is -3.98. The van der Waals surface area contributed by atoms with E-state index >= 15 is 0 Å². The third-order valence-corrected chi connectivity index (χ3v) is 8.18. The second-order valence-electron chi connectivity index (χ2n) is 8.26. The van der Waals surface area contributed by atoms with Crippen LogP contribution in [0.5, 0.6) is 0 Å². The highest BCUT2D eigenvalue weighted by atomic mass is 32.2. The minimum Gasteiger partial charge on any atom is -0.388 e. The maximum Gasteiger partial charge on any atom is 0.262 e. The van der Waals surface area contributed by atoms with E-state index in [9.17, 15) is 13.2 Å². The summed E-state index contributed by atoms with van der Waals surface area (Å²) in [5.41, 5.74) is 7.40. The van der Waals surface area contributed by atoms with Gasteiger partial charge < -0.3 is 20.5 Å². The molecule has 1 fully saturated rings. The molecule has 196 valence electrons. The molecular formula is C24H23N7O5S2. The second-order valence-corrected chi connectivity index (χ2v) is 11.0. The number of nitrogens with two attached hydrogens (primary N) is 1. The van der Waals surface area contributed by atoms with E-state index in [1.165, 1.54) is 35.6 Å². The third kappa shape index (κ3) is 5.62. The van der Waals surface area contributed by atoms with Gasteiger partial charge in [0, 0.05) is 25.5 Å². The summed E-state index contributed by atoms with van der Waals surface area (Å²) in [5, 5.41) is 9.20. The number of carbonyl (C=O) groups excluding carboxylic acids is 1. The van der Waals surface area contributed by atoms with Gasteiger partial charge in [-0.05, 0) is 29.8 Å². The molecule has 3 aromatic heterocycles. The summed E-state index contributed by atoms with van der Waals surface area (Å²) in [7, 11) is -3.90. The van der Waals surface area contributed by atoms with Crippen LogP contribution in [0.2, 0.25) is 0 Å². The van der Waals surface area contributed by atoms with Gasteiger partial charge in [0.25, 0.3) is 10.0 Å². The minimum atomic E-state index is -3.90. The quantitative estimate of drug-likeness (QED) is 0.272. The molecular weight excluding hydrogens is 530 g/mol. The summed E-state index contributed by atoms with van der Waals surface area (Å²) < 4.78 is 35.1. The van der Waals surface area contributed by atoms with Crippen molar-refractivity contribution in [2.45, 2.75) is 4.90 Å². The van der Waals surface area contributed by atoms with Gasteiger partial charge in [0.05, 0.1) is 33.9 Å². The van der Waals surface area contributed by atoms with Crippen molar-refractivity contribution in [3.8, 4) is 11.4 Å². The third-order valence-electron chi connectivity index (χ3n) is 5.64. The molecule has 0 aliphatic carbocycles. The number of fused-ring (bicyclic) bond motifs is 1. The number of rotatable bonds is 8. The number of anilines is 3. The molecule has 4 aromatic rings. The molecule has 0 unspecified atom stereocenters. The largest absolute Gasteiger partial charge is 0.388 e. The Balaban J connectivity index is 1.47. The molecule has 1 aliphatic heterocycles. The molecule has 12 nitrogen and oxygen atoms in total. The van der Waals surface area contributed by atoms with Gasteiger partial charge in [-0.15, -0.1) is 11.3 Å². The van der Waals surface area contributed by atoms with E-state index in [1.807, 2.05) is 0 Å². The second kappa shape index (κ2) is 10.8. The van der Waals surface area contributed by atoms with Crippen LogP contribution in [0.15, 0.2) is 53.7 Å². The highest BCUT2D eigenvalue weighted by molar-refractivity contribution is 7.93. The predicted octanol–water partition coefficient (Wildman–Crippen LogP) is 1.94. The molecule has 5 rings (SSSR count). The van der Waals surface area contributed by atoms with E-state index < -0.39 is 22.4 Å². The zero-order chi connectivity index (χ0) is 26.7. The highest BCUT2D eigenvalue weighted by Crippen LogP contribution is 2.37. The number of hydrogen-bond donors (Lipinski definition) is 3. The van der Waals surface area contributed by atoms with E-state index in [0.717, 1.165) is 4.70 Å². The number of aliphatic hydroxyl groups is 1. The van der Waals surface area contributed by atoms with Crippen molar-refractivity contribution < 1.29 is 23.1 Å². The molecule has 0 spiro atoms. The first kappa shape index (κ1) is 25.7. The number of aromatic nitrogens is 4. The average molecular weight is 554 g/mol. The fourth-order valence-corrected chi connectivity index (χ4v) is 6.03. The summed E-state index contributed by atoms with van der Waals surface area (Å²) in [6, 6.07) is 7.70. The van der Waals surface area contributed by atoms with Crippen molar-refractivity contribution in [1.29, 1.82) is 0 Å². The van der Waals surface area contributed by atoms with Gasteiger partial charge in [0.1, 0.15) is 11.6 Å². The van der Waals surface area contributed by atoms with Crippen molar-refractivity contribution in [3.63, 3.8) is 0 Å². The maximum absolute atomic E-state index is 13.1. The van der Waals surface area contributed by atoms with Gasteiger partial charge in [0.2, 0.25) is 5.95 Å². The number of nitrogens with zero attached hydrogens (tertiary/aromatic N) is 5. The maximum atomic E-state index is 13.1. The Morgan fingerprint density at radius 1 is 1.16 bits per heavy atom. The molecule has 14 heteroatoms.